The highest BCUT2D eigenvalue weighted by molar-refractivity contribution is 6.34. The molecule has 6 nitrogen and oxygen atoms in total. The van der Waals surface area contributed by atoms with Crippen LogP contribution in [0.1, 0.15) is 21.7 Å². The van der Waals surface area contributed by atoms with Gasteiger partial charge in [-0.25, -0.2) is 4.99 Å². The van der Waals surface area contributed by atoms with Crippen LogP contribution in [0.3, 0.4) is 0 Å². The van der Waals surface area contributed by atoms with Gasteiger partial charge in [0.15, 0.2) is 0 Å². The zero-order valence-corrected chi connectivity index (χ0v) is 13.1. The number of amides is 1. The van der Waals surface area contributed by atoms with E-state index < -0.39 is 0 Å². The van der Waals surface area contributed by atoms with Crippen LogP contribution in [0, 0.1) is 6.92 Å². The summed E-state index contributed by atoms with van der Waals surface area (Å²) in [6, 6.07) is 7.09. The number of hydrogen-bond donors (Lipinski definition) is 1. The smallest absolute Gasteiger partial charge is 0.260 e. The maximum Gasteiger partial charge on any atom is 0.260 e. The largest absolute Gasteiger partial charge is 0.442 e. The minimum absolute atomic E-state index is 0.285. The first-order chi connectivity index (χ1) is 11.1. The molecular weight excluding hydrogens is 316 g/mol. The van der Waals surface area contributed by atoms with Gasteiger partial charge in [-0.2, -0.15) is 0 Å². The van der Waals surface area contributed by atoms with Crippen molar-refractivity contribution in [2.24, 2.45) is 9.98 Å². The molecule has 116 valence electrons. The van der Waals surface area contributed by atoms with E-state index in [1.165, 1.54) is 0 Å². The summed E-state index contributed by atoms with van der Waals surface area (Å²) < 4.78 is 5.64. The van der Waals surface area contributed by atoms with Crippen LogP contribution in [0.4, 0.5) is 11.6 Å². The summed E-state index contributed by atoms with van der Waals surface area (Å²) in [6.07, 6.45) is 1.69. The molecule has 0 bridgehead atoms. The Morgan fingerprint density at radius 2 is 2.22 bits per heavy atom. The third kappa shape index (κ3) is 2.22. The van der Waals surface area contributed by atoms with E-state index in [0.29, 0.717) is 40.0 Å². The number of amidine groups is 1. The van der Waals surface area contributed by atoms with Crippen molar-refractivity contribution in [2.75, 3.05) is 18.4 Å². The number of hydrogen-bond acceptors (Lipinski definition) is 5. The first kappa shape index (κ1) is 14.0. The quantitative estimate of drug-likeness (QED) is 0.920. The monoisotopic (exact) mass is 328 g/mol. The van der Waals surface area contributed by atoms with Gasteiger partial charge in [0, 0.05) is 6.54 Å². The SMILES string of the molecule is Cc1oc2c(c1C(=O)Nc1ccccc1Cl)C1=NCCN1C=N2. The van der Waals surface area contributed by atoms with Crippen molar-refractivity contribution >= 4 is 41.3 Å². The van der Waals surface area contributed by atoms with Gasteiger partial charge in [0.05, 0.1) is 28.4 Å². The molecule has 3 heterocycles. The lowest BCUT2D eigenvalue weighted by molar-refractivity contribution is 0.102. The molecule has 0 aliphatic carbocycles. The second-order valence-electron chi connectivity index (χ2n) is 5.29. The summed E-state index contributed by atoms with van der Waals surface area (Å²) in [5.74, 6) is 1.38. The molecule has 0 fully saturated rings. The van der Waals surface area contributed by atoms with E-state index in [-0.39, 0.29) is 5.91 Å². The van der Waals surface area contributed by atoms with Crippen LogP contribution in [0.5, 0.6) is 0 Å². The summed E-state index contributed by atoms with van der Waals surface area (Å²) >= 11 is 6.11. The summed E-state index contributed by atoms with van der Waals surface area (Å²) in [5, 5.41) is 3.31. The fourth-order valence-electron chi connectivity index (χ4n) is 2.77. The first-order valence-corrected chi connectivity index (χ1v) is 7.58. The number of rotatable bonds is 2. The Kier molecular flexibility index (Phi) is 3.20. The predicted molar refractivity (Wildman–Crippen MR) is 89.1 cm³/mol. The maximum absolute atomic E-state index is 12.8. The summed E-state index contributed by atoms with van der Waals surface area (Å²) in [7, 11) is 0. The van der Waals surface area contributed by atoms with E-state index in [1.807, 2.05) is 17.0 Å². The molecule has 0 unspecified atom stereocenters. The van der Waals surface area contributed by atoms with Gasteiger partial charge in [0.25, 0.3) is 5.91 Å². The molecule has 0 atom stereocenters. The number of fused-ring (bicyclic) bond motifs is 3. The number of aryl methyl sites for hydroxylation is 1. The Hall–Kier alpha value is -2.60. The number of halogens is 1. The van der Waals surface area contributed by atoms with Crippen LogP contribution in [0.15, 0.2) is 38.7 Å². The van der Waals surface area contributed by atoms with Gasteiger partial charge < -0.3 is 14.6 Å². The van der Waals surface area contributed by atoms with Gasteiger partial charge in [0.1, 0.15) is 17.9 Å². The normalized spacial score (nSPS) is 15.2. The van der Waals surface area contributed by atoms with Gasteiger partial charge in [-0.1, -0.05) is 23.7 Å². The summed E-state index contributed by atoms with van der Waals surface area (Å²) in [6.45, 7) is 3.18. The van der Waals surface area contributed by atoms with Crippen molar-refractivity contribution in [3.8, 4) is 0 Å². The second kappa shape index (κ2) is 5.24. The Morgan fingerprint density at radius 3 is 3.04 bits per heavy atom. The summed E-state index contributed by atoms with van der Waals surface area (Å²) in [4.78, 5) is 23.4. The second-order valence-corrected chi connectivity index (χ2v) is 5.70. The summed E-state index contributed by atoms with van der Waals surface area (Å²) in [5.41, 5.74) is 1.65. The van der Waals surface area contributed by atoms with Crippen molar-refractivity contribution in [2.45, 2.75) is 6.92 Å². The highest BCUT2D eigenvalue weighted by Crippen LogP contribution is 2.35. The van der Waals surface area contributed by atoms with Crippen molar-refractivity contribution < 1.29 is 9.21 Å². The number of aliphatic imine (C=N–C) groups is 2. The number of para-hydroxylation sites is 1. The molecular formula is C16H13ClN4O2. The zero-order valence-electron chi connectivity index (χ0n) is 12.3. The van der Waals surface area contributed by atoms with Gasteiger partial charge >= 0.3 is 0 Å². The number of furan rings is 1. The number of benzene rings is 1. The molecule has 2 aliphatic rings. The fraction of sp³-hybridized carbons (Fsp3) is 0.188. The minimum Gasteiger partial charge on any atom is -0.442 e. The molecule has 0 saturated heterocycles. The van der Waals surface area contributed by atoms with E-state index in [4.69, 9.17) is 16.0 Å². The average molecular weight is 329 g/mol. The molecule has 1 N–H and O–H groups in total. The average Bonchev–Trinajstić information content (AvgIpc) is 3.12. The lowest BCUT2D eigenvalue weighted by Crippen LogP contribution is -2.30. The highest BCUT2D eigenvalue weighted by Gasteiger charge is 2.33. The van der Waals surface area contributed by atoms with E-state index in [9.17, 15) is 4.79 Å². The molecule has 2 aromatic rings. The molecule has 1 aromatic heterocycles. The van der Waals surface area contributed by atoms with Crippen LogP contribution in [0.2, 0.25) is 5.02 Å². The van der Waals surface area contributed by atoms with Gasteiger partial charge in [-0.3, -0.25) is 9.79 Å². The number of anilines is 1. The van der Waals surface area contributed by atoms with E-state index >= 15 is 0 Å². The molecule has 7 heteroatoms. The van der Waals surface area contributed by atoms with Crippen molar-refractivity contribution in [3.63, 3.8) is 0 Å². The molecule has 1 aromatic carbocycles. The van der Waals surface area contributed by atoms with E-state index in [0.717, 1.165) is 12.4 Å². The lowest BCUT2D eigenvalue weighted by atomic mass is 10.1. The number of nitrogens with one attached hydrogen (secondary N) is 1. The lowest BCUT2D eigenvalue weighted by Gasteiger charge is -2.18. The third-order valence-electron chi connectivity index (χ3n) is 3.83. The molecule has 0 radical (unpaired) electrons. The molecule has 0 spiro atoms. The third-order valence-corrected chi connectivity index (χ3v) is 4.16. The number of carbonyl (C=O) groups is 1. The maximum atomic E-state index is 12.8. The Bertz CT molecular complexity index is 869. The number of carbonyl (C=O) groups excluding carboxylic acids is 1. The molecule has 23 heavy (non-hydrogen) atoms. The highest BCUT2D eigenvalue weighted by atomic mass is 35.5. The van der Waals surface area contributed by atoms with Crippen LogP contribution in [-0.4, -0.2) is 36.1 Å². The molecule has 1 amide bonds. The standard InChI is InChI=1S/C16H13ClN4O2/c1-9-12(15(22)20-11-5-3-2-4-10(11)17)13-14-18-6-7-21(14)8-19-16(13)23-9/h2-5,8H,6-7H2,1H3,(H,20,22). The van der Waals surface area contributed by atoms with E-state index in [1.54, 1.807) is 25.4 Å². The van der Waals surface area contributed by atoms with Gasteiger partial charge in [-0.05, 0) is 19.1 Å². The van der Waals surface area contributed by atoms with Crippen LogP contribution in [0.25, 0.3) is 0 Å². The van der Waals surface area contributed by atoms with Gasteiger partial charge in [-0.15, -0.1) is 0 Å². The van der Waals surface area contributed by atoms with Crippen molar-refractivity contribution in [1.82, 2.24) is 4.90 Å². The Morgan fingerprint density at radius 1 is 1.39 bits per heavy atom. The van der Waals surface area contributed by atoms with E-state index in [2.05, 4.69) is 15.3 Å². The topological polar surface area (TPSA) is 70.2 Å². The zero-order chi connectivity index (χ0) is 16.0. The predicted octanol–water partition coefficient (Wildman–Crippen LogP) is 3.23. The fourth-order valence-corrected chi connectivity index (χ4v) is 2.95. The molecule has 0 saturated carbocycles. The van der Waals surface area contributed by atoms with Gasteiger partial charge in [0.2, 0.25) is 5.88 Å². The molecule has 2 aliphatic heterocycles. The molecule has 4 rings (SSSR count). The van der Waals surface area contributed by atoms with Crippen LogP contribution in [-0.2, 0) is 0 Å². The Balaban J connectivity index is 1.76. The first-order valence-electron chi connectivity index (χ1n) is 7.20. The Labute approximate surface area is 137 Å². The number of nitrogens with zero attached hydrogens (tertiary/aromatic N) is 3. The van der Waals surface area contributed by atoms with Crippen molar-refractivity contribution in [3.05, 3.63) is 46.2 Å². The minimum atomic E-state index is -0.285. The van der Waals surface area contributed by atoms with Crippen LogP contribution >= 0.6 is 11.6 Å². The van der Waals surface area contributed by atoms with Crippen molar-refractivity contribution in [1.29, 1.82) is 0 Å². The van der Waals surface area contributed by atoms with Crippen LogP contribution < -0.4 is 5.32 Å².